The highest BCUT2D eigenvalue weighted by Gasteiger charge is 2.16. The van der Waals surface area contributed by atoms with Gasteiger partial charge in [0.2, 0.25) is 0 Å². The predicted octanol–water partition coefficient (Wildman–Crippen LogP) is 3.24. The average molecular weight is 277 g/mol. The highest BCUT2D eigenvalue weighted by Crippen LogP contribution is 2.24. The molecule has 0 aliphatic rings. The second-order valence-corrected chi connectivity index (χ2v) is 4.95. The maximum absolute atomic E-state index is 13.2. The first kappa shape index (κ1) is 15.7. The van der Waals surface area contributed by atoms with E-state index in [-0.39, 0.29) is 0 Å². The number of carboxylic acid groups (broad SMARTS) is 1. The van der Waals surface area contributed by atoms with Crippen LogP contribution in [0.15, 0.2) is 24.3 Å². The predicted molar refractivity (Wildman–Crippen MR) is 72.6 cm³/mol. The average Bonchev–Trinajstić information content (AvgIpc) is 2.38. The molecule has 0 radical (unpaired) electrons. The number of nitrogens with zero attached hydrogens (tertiary/aromatic N) is 1. The van der Waals surface area contributed by atoms with Crippen molar-refractivity contribution in [3.8, 4) is 11.8 Å². The monoisotopic (exact) mass is 277 g/mol. The molecule has 1 rings (SSSR count). The number of halogens is 1. The molecule has 0 fully saturated rings. The summed E-state index contributed by atoms with van der Waals surface area (Å²) in [6, 6.07) is 6.04. The van der Waals surface area contributed by atoms with Gasteiger partial charge in [-0.05, 0) is 44.5 Å². The highest BCUT2D eigenvalue weighted by molar-refractivity contribution is 5.85. The number of ether oxygens (including phenoxy) is 1. The molecule has 0 aliphatic heterocycles. The minimum Gasteiger partial charge on any atom is -0.493 e. The van der Waals surface area contributed by atoms with Crippen molar-refractivity contribution in [2.45, 2.75) is 20.3 Å². The summed E-state index contributed by atoms with van der Waals surface area (Å²) < 4.78 is 18.7. The van der Waals surface area contributed by atoms with Crippen LogP contribution >= 0.6 is 0 Å². The summed E-state index contributed by atoms with van der Waals surface area (Å²) in [4.78, 5) is 10.5. The van der Waals surface area contributed by atoms with Gasteiger partial charge in [0.25, 0.3) is 0 Å². The lowest BCUT2D eigenvalue weighted by Gasteiger charge is -2.16. The molecule has 0 saturated carbocycles. The van der Waals surface area contributed by atoms with Crippen molar-refractivity contribution in [1.82, 2.24) is 0 Å². The van der Waals surface area contributed by atoms with Crippen LogP contribution in [0.4, 0.5) is 4.39 Å². The first-order valence-electron chi connectivity index (χ1n) is 6.09. The van der Waals surface area contributed by atoms with E-state index < -0.39 is 17.2 Å². The Bertz CT molecular complexity index is 559. The van der Waals surface area contributed by atoms with E-state index in [2.05, 4.69) is 6.07 Å². The normalized spacial score (nSPS) is 11.3. The molecule has 0 saturated heterocycles. The van der Waals surface area contributed by atoms with Crippen LogP contribution in [0.3, 0.4) is 0 Å². The fraction of sp³-hybridized carbons (Fsp3) is 0.333. The van der Waals surface area contributed by atoms with E-state index in [1.165, 1.54) is 24.3 Å². The summed E-state index contributed by atoms with van der Waals surface area (Å²) in [5.41, 5.74) is -0.154. The first-order valence-corrected chi connectivity index (χ1v) is 6.09. The van der Waals surface area contributed by atoms with Gasteiger partial charge in [-0.3, -0.25) is 0 Å². The molecule has 0 atom stereocenters. The maximum atomic E-state index is 13.2. The standard InChI is InChI=1S/C15H16FNO3/c1-15(2,10-17)7-8-20-13-5-4-12(16)9-11(13)3-6-14(18)19/h3-6,9H,7-8H2,1-2H3,(H,18,19)/b6-3+. The van der Waals surface area contributed by atoms with Crippen molar-refractivity contribution >= 4 is 12.0 Å². The van der Waals surface area contributed by atoms with Gasteiger partial charge in [0.15, 0.2) is 0 Å². The van der Waals surface area contributed by atoms with Gasteiger partial charge < -0.3 is 9.84 Å². The highest BCUT2D eigenvalue weighted by atomic mass is 19.1. The molecular formula is C15H16FNO3. The zero-order valence-corrected chi connectivity index (χ0v) is 11.4. The molecule has 4 nitrogen and oxygen atoms in total. The summed E-state index contributed by atoms with van der Waals surface area (Å²) >= 11 is 0. The van der Waals surface area contributed by atoms with E-state index in [9.17, 15) is 9.18 Å². The summed E-state index contributed by atoms with van der Waals surface area (Å²) in [7, 11) is 0. The lowest BCUT2D eigenvalue weighted by atomic mass is 9.92. The van der Waals surface area contributed by atoms with Gasteiger partial charge in [-0.1, -0.05) is 0 Å². The van der Waals surface area contributed by atoms with E-state index in [0.29, 0.717) is 24.3 Å². The molecular weight excluding hydrogens is 261 g/mol. The molecule has 0 amide bonds. The van der Waals surface area contributed by atoms with Crippen molar-refractivity contribution in [2.24, 2.45) is 5.41 Å². The maximum Gasteiger partial charge on any atom is 0.328 e. The minimum atomic E-state index is -1.12. The van der Waals surface area contributed by atoms with Crippen molar-refractivity contribution in [1.29, 1.82) is 5.26 Å². The van der Waals surface area contributed by atoms with Crippen LogP contribution in [0.25, 0.3) is 6.08 Å². The number of carboxylic acids is 1. The number of benzene rings is 1. The Morgan fingerprint density at radius 1 is 1.55 bits per heavy atom. The van der Waals surface area contributed by atoms with Crippen LogP contribution in [0, 0.1) is 22.6 Å². The molecule has 0 aliphatic carbocycles. The molecule has 0 aromatic heterocycles. The van der Waals surface area contributed by atoms with Gasteiger partial charge in [-0.15, -0.1) is 0 Å². The third-order valence-electron chi connectivity index (χ3n) is 2.66. The lowest BCUT2D eigenvalue weighted by molar-refractivity contribution is -0.131. The Hall–Kier alpha value is -2.35. The van der Waals surface area contributed by atoms with Crippen LogP contribution in [-0.2, 0) is 4.79 Å². The lowest BCUT2D eigenvalue weighted by Crippen LogP contribution is -2.13. The number of rotatable bonds is 6. The molecule has 0 bridgehead atoms. The quantitative estimate of drug-likeness (QED) is 0.810. The van der Waals surface area contributed by atoms with Crippen LogP contribution in [0.5, 0.6) is 5.75 Å². The third-order valence-corrected chi connectivity index (χ3v) is 2.66. The fourth-order valence-electron chi connectivity index (χ4n) is 1.41. The Morgan fingerprint density at radius 2 is 2.25 bits per heavy atom. The van der Waals surface area contributed by atoms with Crippen LogP contribution in [-0.4, -0.2) is 17.7 Å². The fourth-order valence-corrected chi connectivity index (χ4v) is 1.41. The van der Waals surface area contributed by atoms with E-state index in [1.807, 2.05) is 0 Å². The molecule has 1 aromatic carbocycles. The van der Waals surface area contributed by atoms with E-state index in [1.54, 1.807) is 13.8 Å². The summed E-state index contributed by atoms with van der Waals surface area (Å²) in [6.45, 7) is 3.89. The minimum absolute atomic E-state index is 0.292. The molecule has 106 valence electrons. The van der Waals surface area contributed by atoms with Gasteiger partial charge in [-0.2, -0.15) is 5.26 Å². The van der Waals surface area contributed by atoms with E-state index in [4.69, 9.17) is 15.1 Å². The molecule has 1 N–H and O–H groups in total. The smallest absolute Gasteiger partial charge is 0.328 e. The van der Waals surface area contributed by atoms with Gasteiger partial charge >= 0.3 is 5.97 Å². The van der Waals surface area contributed by atoms with Crippen molar-refractivity contribution in [2.75, 3.05) is 6.61 Å². The van der Waals surface area contributed by atoms with Crippen LogP contribution < -0.4 is 4.74 Å². The summed E-state index contributed by atoms with van der Waals surface area (Å²) in [5, 5.41) is 17.5. The molecule has 5 heteroatoms. The Balaban J connectivity index is 2.80. The Kier molecular flexibility index (Phi) is 5.27. The van der Waals surface area contributed by atoms with Gasteiger partial charge in [0.05, 0.1) is 18.1 Å². The van der Waals surface area contributed by atoms with Crippen LogP contribution in [0.1, 0.15) is 25.8 Å². The number of nitriles is 1. The Labute approximate surface area is 117 Å². The van der Waals surface area contributed by atoms with Crippen molar-refractivity contribution < 1.29 is 19.0 Å². The number of hydrogen-bond acceptors (Lipinski definition) is 3. The van der Waals surface area contributed by atoms with Crippen LogP contribution in [0.2, 0.25) is 0 Å². The Morgan fingerprint density at radius 3 is 2.85 bits per heavy atom. The summed E-state index contributed by atoms with van der Waals surface area (Å²) in [6.07, 6.45) is 2.71. The molecule has 0 unspecified atom stereocenters. The zero-order valence-electron chi connectivity index (χ0n) is 11.4. The van der Waals surface area contributed by atoms with Crippen molar-refractivity contribution in [3.05, 3.63) is 35.7 Å². The topological polar surface area (TPSA) is 70.3 Å². The van der Waals surface area contributed by atoms with Crippen molar-refractivity contribution in [3.63, 3.8) is 0 Å². The number of aliphatic carboxylic acids is 1. The number of hydrogen-bond donors (Lipinski definition) is 1. The summed E-state index contributed by atoms with van der Waals surface area (Å²) in [5.74, 6) is -1.21. The second-order valence-electron chi connectivity index (χ2n) is 4.95. The van der Waals surface area contributed by atoms with Gasteiger partial charge in [0.1, 0.15) is 11.6 Å². The number of carbonyl (C=O) groups is 1. The molecule has 0 spiro atoms. The van der Waals surface area contributed by atoms with E-state index >= 15 is 0 Å². The van der Waals surface area contributed by atoms with E-state index in [0.717, 1.165) is 6.08 Å². The zero-order chi connectivity index (χ0) is 15.2. The molecule has 20 heavy (non-hydrogen) atoms. The van der Waals surface area contributed by atoms with Gasteiger partial charge in [-0.25, -0.2) is 9.18 Å². The third kappa shape index (κ3) is 5.11. The SMILES string of the molecule is CC(C)(C#N)CCOc1ccc(F)cc1/C=C/C(=O)O. The molecule has 1 aromatic rings. The first-order chi connectivity index (χ1) is 9.34. The largest absolute Gasteiger partial charge is 0.493 e. The second kappa shape index (κ2) is 6.71. The van der Waals surface area contributed by atoms with Gasteiger partial charge in [0, 0.05) is 11.6 Å². The molecule has 0 heterocycles.